The third-order valence-corrected chi connectivity index (χ3v) is 9.01. The topological polar surface area (TPSA) is 26.3 Å². The largest absolute Gasteiger partial charge is 0.489 e. The van der Waals surface area contributed by atoms with Crippen molar-refractivity contribution in [3.8, 4) is 5.75 Å². The molecule has 3 aliphatic rings. The highest BCUT2D eigenvalue weighted by molar-refractivity contribution is 5.79. The van der Waals surface area contributed by atoms with Gasteiger partial charge < -0.3 is 4.74 Å². The van der Waals surface area contributed by atoms with Gasteiger partial charge in [0.15, 0.2) is 0 Å². The Kier molecular flexibility index (Phi) is 7.31. The Morgan fingerprint density at radius 2 is 1.82 bits per heavy atom. The molecule has 2 nitrogen and oxygen atoms in total. The average Bonchev–Trinajstić information content (AvgIpc) is 3.21. The van der Waals surface area contributed by atoms with E-state index in [1.165, 1.54) is 42.4 Å². The van der Waals surface area contributed by atoms with Crippen LogP contribution in [0.1, 0.15) is 94.9 Å². The molecule has 2 heteroatoms. The predicted octanol–water partition coefficient (Wildman–Crippen LogP) is 7.92. The SMILES string of the molecule is CC.CCc1cc2c(cc1OCc1ccccc1)CCC1C2CCC2(C)C(C(C)=O)CCC12. The Morgan fingerprint density at radius 3 is 2.52 bits per heavy atom. The van der Waals surface area contributed by atoms with E-state index >= 15 is 0 Å². The number of carbonyl (C=O) groups excluding carboxylic acids is 1. The molecule has 0 bridgehead atoms. The van der Waals surface area contributed by atoms with Crippen molar-refractivity contribution < 1.29 is 9.53 Å². The molecule has 5 unspecified atom stereocenters. The van der Waals surface area contributed by atoms with Crippen molar-refractivity contribution in [2.75, 3.05) is 0 Å². The van der Waals surface area contributed by atoms with E-state index in [2.05, 4.69) is 56.3 Å². The number of hydrogen-bond acceptors (Lipinski definition) is 2. The Bertz CT molecular complexity index is 962. The zero-order valence-corrected chi connectivity index (χ0v) is 21.3. The highest BCUT2D eigenvalue weighted by Gasteiger charge is 2.55. The van der Waals surface area contributed by atoms with E-state index in [0.29, 0.717) is 30.1 Å². The first-order valence-electron chi connectivity index (χ1n) is 13.3. The minimum Gasteiger partial charge on any atom is -0.489 e. The second kappa shape index (κ2) is 10.0. The average molecular weight is 447 g/mol. The molecule has 0 aromatic heterocycles. The molecule has 0 spiro atoms. The van der Waals surface area contributed by atoms with E-state index in [-0.39, 0.29) is 5.41 Å². The van der Waals surface area contributed by atoms with Crippen molar-refractivity contribution in [1.29, 1.82) is 0 Å². The quantitative estimate of drug-likeness (QED) is 0.466. The van der Waals surface area contributed by atoms with Gasteiger partial charge in [-0.3, -0.25) is 4.79 Å². The summed E-state index contributed by atoms with van der Waals surface area (Å²) in [5, 5.41) is 0. The molecular weight excluding hydrogens is 404 g/mol. The Labute approximate surface area is 201 Å². The lowest BCUT2D eigenvalue weighted by Crippen LogP contribution is -2.43. The van der Waals surface area contributed by atoms with Crippen LogP contribution >= 0.6 is 0 Å². The minimum atomic E-state index is 0.233. The van der Waals surface area contributed by atoms with Gasteiger partial charge >= 0.3 is 0 Å². The van der Waals surface area contributed by atoms with E-state index in [0.717, 1.165) is 30.9 Å². The van der Waals surface area contributed by atoms with E-state index in [4.69, 9.17) is 4.74 Å². The van der Waals surface area contributed by atoms with Crippen LogP contribution in [-0.2, 0) is 24.2 Å². The lowest BCUT2D eigenvalue weighted by Gasteiger charge is -2.50. The van der Waals surface area contributed by atoms with Crippen LogP contribution in [0.2, 0.25) is 0 Å². The number of hydrogen-bond donors (Lipinski definition) is 0. The number of aryl methyl sites for hydroxylation is 2. The number of fused-ring (bicyclic) bond motifs is 5. The second-order valence-corrected chi connectivity index (χ2v) is 10.5. The molecule has 2 aromatic carbocycles. The Balaban J connectivity index is 0.00000126. The van der Waals surface area contributed by atoms with Crippen LogP contribution in [0.15, 0.2) is 42.5 Å². The van der Waals surface area contributed by atoms with E-state index < -0.39 is 0 Å². The molecule has 2 aromatic rings. The molecule has 2 fully saturated rings. The molecule has 0 heterocycles. The molecular formula is C31H42O2. The minimum absolute atomic E-state index is 0.233. The maximum atomic E-state index is 12.3. The van der Waals surface area contributed by atoms with Gasteiger partial charge in [0.25, 0.3) is 0 Å². The molecule has 0 amide bonds. The summed E-state index contributed by atoms with van der Waals surface area (Å²) in [4.78, 5) is 12.3. The van der Waals surface area contributed by atoms with Gasteiger partial charge in [-0.2, -0.15) is 0 Å². The summed E-state index contributed by atoms with van der Waals surface area (Å²) in [6.45, 7) is 11.1. The summed E-state index contributed by atoms with van der Waals surface area (Å²) in [6, 6.07) is 15.3. The van der Waals surface area contributed by atoms with Crippen molar-refractivity contribution in [2.45, 2.75) is 92.1 Å². The van der Waals surface area contributed by atoms with E-state index in [1.807, 2.05) is 20.8 Å². The Hall–Kier alpha value is -2.09. The Morgan fingerprint density at radius 1 is 1.06 bits per heavy atom. The number of ketones is 1. The summed E-state index contributed by atoms with van der Waals surface area (Å²) >= 11 is 0. The fourth-order valence-corrected chi connectivity index (χ4v) is 7.46. The van der Waals surface area contributed by atoms with Crippen LogP contribution in [0.4, 0.5) is 0 Å². The van der Waals surface area contributed by atoms with Gasteiger partial charge in [-0.05, 0) is 103 Å². The summed E-state index contributed by atoms with van der Waals surface area (Å²) in [5.74, 6) is 3.92. The van der Waals surface area contributed by atoms with Crippen LogP contribution in [0, 0.1) is 23.2 Å². The van der Waals surface area contributed by atoms with Crippen molar-refractivity contribution in [1.82, 2.24) is 0 Å². The summed E-state index contributed by atoms with van der Waals surface area (Å²) in [7, 11) is 0. The van der Waals surface area contributed by atoms with Crippen LogP contribution in [0.25, 0.3) is 0 Å². The normalized spacial score (nSPS) is 29.7. The highest BCUT2D eigenvalue weighted by atomic mass is 16.5. The smallest absolute Gasteiger partial charge is 0.133 e. The standard InChI is InChI=1S/C29H36O2.C2H6/c1-4-21-16-25-22(17-28(21)31-18-20-8-6-5-7-9-20)10-11-24-23(25)14-15-29(3)26(19(2)30)12-13-27(24)29;1-2/h5-9,16-17,23-24,26-27H,4,10-15,18H2,1-3H3;1-2H3. The molecule has 0 saturated heterocycles. The van der Waals surface area contributed by atoms with Crippen LogP contribution in [0.5, 0.6) is 5.75 Å². The molecule has 5 atom stereocenters. The second-order valence-electron chi connectivity index (χ2n) is 10.5. The molecule has 0 aliphatic heterocycles. The zero-order valence-electron chi connectivity index (χ0n) is 21.3. The van der Waals surface area contributed by atoms with E-state index in [1.54, 1.807) is 5.56 Å². The maximum absolute atomic E-state index is 12.3. The number of Topliss-reactive ketones (excluding diaryl/α,β-unsaturated/α-hetero) is 1. The first-order valence-corrected chi connectivity index (χ1v) is 13.3. The fourth-order valence-electron chi connectivity index (χ4n) is 7.46. The molecule has 3 aliphatic carbocycles. The molecule has 2 saturated carbocycles. The molecule has 5 rings (SSSR count). The number of benzene rings is 2. The van der Waals surface area contributed by atoms with Gasteiger partial charge in [-0.15, -0.1) is 0 Å². The third kappa shape index (κ3) is 4.38. The van der Waals surface area contributed by atoms with Gasteiger partial charge in [0.1, 0.15) is 18.1 Å². The molecule has 178 valence electrons. The fraction of sp³-hybridized carbons (Fsp3) is 0.581. The van der Waals surface area contributed by atoms with Gasteiger partial charge in [0, 0.05) is 5.92 Å². The zero-order chi connectivity index (χ0) is 23.6. The number of rotatable bonds is 5. The molecule has 33 heavy (non-hydrogen) atoms. The molecule has 0 radical (unpaired) electrons. The van der Waals surface area contributed by atoms with Crippen LogP contribution < -0.4 is 4.74 Å². The summed E-state index contributed by atoms with van der Waals surface area (Å²) in [5.41, 5.74) is 5.89. The number of carbonyl (C=O) groups is 1. The van der Waals surface area contributed by atoms with Crippen LogP contribution in [-0.4, -0.2) is 5.78 Å². The summed E-state index contributed by atoms with van der Waals surface area (Å²) < 4.78 is 6.30. The lowest BCUT2D eigenvalue weighted by atomic mass is 9.54. The highest BCUT2D eigenvalue weighted by Crippen LogP contribution is 2.63. The van der Waals surface area contributed by atoms with Gasteiger partial charge in [-0.25, -0.2) is 0 Å². The maximum Gasteiger partial charge on any atom is 0.133 e. The lowest BCUT2D eigenvalue weighted by molar-refractivity contribution is -0.125. The van der Waals surface area contributed by atoms with Crippen molar-refractivity contribution in [2.24, 2.45) is 23.2 Å². The monoisotopic (exact) mass is 446 g/mol. The molecule has 0 N–H and O–H groups in total. The van der Waals surface area contributed by atoms with Crippen molar-refractivity contribution in [3.63, 3.8) is 0 Å². The van der Waals surface area contributed by atoms with Crippen molar-refractivity contribution in [3.05, 3.63) is 64.7 Å². The van der Waals surface area contributed by atoms with Crippen LogP contribution in [0.3, 0.4) is 0 Å². The third-order valence-electron chi connectivity index (χ3n) is 9.01. The van der Waals surface area contributed by atoms with Gasteiger partial charge in [0.2, 0.25) is 0 Å². The first kappa shape index (κ1) is 24.0. The first-order chi connectivity index (χ1) is 16.0. The predicted molar refractivity (Wildman–Crippen MR) is 137 cm³/mol. The number of ether oxygens (including phenoxy) is 1. The van der Waals surface area contributed by atoms with E-state index in [9.17, 15) is 4.79 Å². The van der Waals surface area contributed by atoms with Gasteiger partial charge in [0.05, 0.1) is 0 Å². The van der Waals surface area contributed by atoms with Crippen molar-refractivity contribution >= 4 is 5.78 Å². The van der Waals surface area contributed by atoms with Gasteiger partial charge in [-0.1, -0.05) is 64.1 Å². The summed E-state index contributed by atoms with van der Waals surface area (Å²) in [6.07, 6.45) is 8.22.